The summed E-state index contributed by atoms with van der Waals surface area (Å²) in [6.07, 6.45) is -2.67. The van der Waals surface area contributed by atoms with Gasteiger partial charge in [0.2, 0.25) is 0 Å². The molecule has 0 spiro atoms. The second kappa shape index (κ2) is 10.1. The van der Waals surface area contributed by atoms with Gasteiger partial charge in [0.15, 0.2) is 5.71 Å². The summed E-state index contributed by atoms with van der Waals surface area (Å²) in [5, 5.41) is 3.97. The van der Waals surface area contributed by atoms with E-state index in [0.29, 0.717) is 22.4 Å². The van der Waals surface area contributed by atoms with Crippen molar-refractivity contribution >= 4 is 29.3 Å². The number of hydrogen-bond acceptors (Lipinski definition) is 6. The predicted molar refractivity (Wildman–Crippen MR) is 107 cm³/mol. The second-order valence-corrected chi connectivity index (χ2v) is 6.34. The van der Waals surface area contributed by atoms with Gasteiger partial charge in [-0.2, -0.15) is 13.2 Å². The van der Waals surface area contributed by atoms with E-state index in [2.05, 4.69) is 9.55 Å². The first-order valence-corrected chi connectivity index (χ1v) is 9.58. The highest BCUT2D eigenvalue weighted by atomic mass is 32.2. The lowest BCUT2D eigenvalue weighted by Gasteiger charge is -2.10. The fraction of sp³-hybridized carbons (Fsp3) is 0.250. The third-order valence-corrected chi connectivity index (χ3v) is 4.25. The van der Waals surface area contributed by atoms with Gasteiger partial charge in [-0.05, 0) is 36.6 Å². The topological polar surface area (TPSA) is 60.2 Å². The predicted octanol–water partition coefficient (Wildman–Crippen LogP) is 4.89. The lowest BCUT2D eigenvalue weighted by atomic mass is 10.0. The van der Waals surface area contributed by atoms with E-state index in [9.17, 15) is 18.0 Å². The zero-order chi connectivity index (χ0) is 21.4. The minimum absolute atomic E-state index is 0.0402. The summed E-state index contributed by atoms with van der Waals surface area (Å²) in [5.41, 5.74) is 1.56. The number of rotatable bonds is 7. The van der Waals surface area contributed by atoms with E-state index < -0.39 is 17.7 Å². The molecule has 0 saturated carbocycles. The van der Waals surface area contributed by atoms with E-state index in [0.717, 1.165) is 24.1 Å². The Morgan fingerprint density at radius 2 is 1.76 bits per heavy atom. The van der Waals surface area contributed by atoms with Crippen LogP contribution in [0, 0.1) is 0 Å². The largest absolute Gasteiger partial charge is 0.464 e. The van der Waals surface area contributed by atoms with Crippen molar-refractivity contribution in [1.29, 1.82) is 0 Å². The second-order valence-electron chi connectivity index (χ2n) is 5.80. The van der Waals surface area contributed by atoms with Gasteiger partial charge in [-0.25, -0.2) is 9.19 Å². The highest BCUT2D eigenvalue weighted by Crippen LogP contribution is 2.29. The summed E-state index contributed by atoms with van der Waals surface area (Å²) in [5.74, 6) is -0.573. The van der Waals surface area contributed by atoms with Crippen LogP contribution in [0.25, 0.3) is 0 Å². The van der Waals surface area contributed by atoms with Crippen molar-refractivity contribution in [2.75, 3.05) is 13.4 Å². The Morgan fingerprint density at radius 3 is 2.34 bits per heavy atom. The fourth-order valence-electron chi connectivity index (χ4n) is 2.41. The molecule has 0 saturated heterocycles. The van der Waals surface area contributed by atoms with Crippen LogP contribution >= 0.6 is 11.9 Å². The van der Waals surface area contributed by atoms with Crippen LogP contribution in [0.5, 0.6) is 0 Å². The maximum atomic E-state index is 12.7. The van der Waals surface area contributed by atoms with Crippen LogP contribution in [0.3, 0.4) is 0 Å². The smallest absolute Gasteiger partial charge is 0.416 e. The van der Waals surface area contributed by atoms with Crippen molar-refractivity contribution in [3.63, 3.8) is 0 Å². The first-order chi connectivity index (χ1) is 13.8. The number of oxime groups is 1. The molecular weight excluding hydrogens is 405 g/mol. The van der Waals surface area contributed by atoms with Gasteiger partial charge in [0.25, 0.3) is 0 Å². The summed E-state index contributed by atoms with van der Waals surface area (Å²) in [7, 11) is 1.27. The van der Waals surface area contributed by atoms with E-state index in [-0.39, 0.29) is 12.3 Å². The minimum Gasteiger partial charge on any atom is -0.464 e. The van der Waals surface area contributed by atoms with Gasteiger partial charge in [0, 0.05) is 17.4 Å². The van der Waals surface area contributed by atoms with Crippen molar-refractivity contribution in [2.24, 2.45) is 9.55 Å². The molecule has 29 heavy (non-hydrogen) atoms. The molecule has 154 valence electrons. The minimum atomic E-state index is -4.39. The van der Waals surface area contributed by atoms with Crippen LogP contribution in [0.4, 0.5) is 13.2 Å². The van der Waals surface area contributed by atoms with Crippen molar-refractivity contribution in [3.8, 4) is 0 Å². The van der Waals surface area contributed by atoms with Crippen molar-refractivity contribution in [3.05, 3.63) is 70.8 Å². The molecule has 0 aliphatic rings. The quantitative estimate of drug-likeness (QED) is 0.275. The molecule has 5 nitrogen and oxygen atoms in total. The molecular formula is C20H19F3N2O3S. The molecule has 2 rings (SSSR count). The van der Waals surface area contributed by atoms with Gasteiger partial charge >= 0.3 is 12.1 Å². The maximum absolute atomic E-state index is 12.7. The first kappa shape index (κ1) is 22.5. The van der Waals surface area contributed by atoms with Gasteiger partial charge in [-0.1, -0.05) is 41.6 Å². The molecule has 0 aromatic heterocycles. The normalized spacial score (nSPS) is 12.6. The average molecular weight is 424 g/mol. The number of nitrogens with zero attached hydrogens (tertiary/aromatic N) is 2. The Kier molecular flexibility index (Phi) is 7.83. The Hall–Kier alpha value is -2.81. The number of esters is 1. The fourth-order valence-corrected chi connectivity index (χ4v) is 2.77. The van der Waals surface area contributed by atoms with Crippen molar-refractivity contribution in [1.82, 2.24) is 0 Å². The van der Waals surface area contributed by atoms with Crippen LogP contribution in [0.1, 0.15) is 29.2 Å². The Bertz CT molecular complexity index is 910. The van der Waals surface area contributed by atoms with Crippen molar-refractivity contribution in [2.45, 2.75) is 19.7 Å². The van der Waals surface area contributed by atoms with E-state index >= 15 is 0 Å². The molecule has 9 heteroatoms. The van der Waals surface area contributed by atoms with Crippen LogP contribution in [-0.4, -0.2) is 30.8 Å². The van der Waals surface area contributed by atoms with Crippen LogP contribution in [-0.2, 0) is 27.2 Å². The Balaban J connectivity index is 2.16. The molecule has 0 amide bonds. The number of benzene rings is 2. The summed E-state index contributed by atoms with van der Waals surface area (Å²) in [6, 6.07) is 11.7. The van der Waals surface area contributed by atoms with Gasteiger partial charge in [0.05, 0.1) is 18.4 Å². The van der Waals surface area contributed by atoms with E-state index in [1.165, 1.54) is 19.2 Å². The van der Waals surface area contributed by atoms with E-state index in [1.54, 1.807) is 37.4 Å². The third kappa shape index (κ3) is 6.08. The summed E-state index contributed by atoms with van der Waals surface area (Å²) >= 11 is 1.12. The first-order valence-electron chi connectivity index (χ1n) is 8.39. The lowest BCUT2D eigenvalue weighted by Crippen LogP contribution is -2.18. The number of alkyl halides is 3. The number of hydrogen-bond donors (Lipinski definition) is 0. The molecule has 0 radical (unpaired) electrons. The van der Waals surface area contributed by atoms with Gasteiger partial charge in [-0.15, -0.1) is 0 Å². The Labute approximate surface area is 170 Å². The van der Waals surface area contributed by atoms with E-state index in [4.69, 9.17) is 9.57 Å². The number of carbonyl (C=O) groups is 1. The number of carbonyl (C=O) groups excluding carboxylic acids is 1. The molecule has 0 heterocycles. The molecule has 0 N–H and O–H groups in total. The zero-order valence-corrected chi connectivity index (χ0v) is 16.8. The highest BCUT2D eigenvalue weighted by molar-refractivity contribution is 7.97. The molecule has 0 unspecified atom stereocenters. The molecule has 0 bridgehead atoms. The lowest BCUT2D eigenvalue weighted by molar-refractivity contribution is -0.137. The summed E-state index contributed by atoms with van der Waals surface area (Å²) in [4.78, 5) is 17.4. The number of ether oxygens (including phenoxy) is 1. The molecule has 0 fully saturated rings. The van der Waals surface area contributed by atoms with Crippen LogP contribution in [0.15, 0.2) is 58.1 Å². The standard InChI is InChI=1S/C20H19F3N2O3S/c1-13(14-8-10-16(11-9-14)20(21,22)23)24-28-12-15-6-4-5-7-17(15)18(25-29-3)19(26)27-2/h4-11H,12H2,1-3H3. The zero-order valence-electron chi connectivity index (χ0n) is 16.0. The Morgan fingerprint density at radius 1 is 1.10 bits per heavy atom. The van der Waals surface area contributed by atoms with Crippen molar-refractivity contribution < 1.29 is 27.5 Å². The maximum Gasteiger partial charge on any atom is 0.416 e. The highest BCUT2D eigenvalue weighted by Gasteiger charge is 2.30. The van der Waals surface area contributed by atoms with Crippen LogP contribution < -0.4 is 0 Å². The van der Waals surface area contributed by atoms with Gasteiger partial charge in [0.1, 0.15) is 6.61 Å². The summed E-state index contributed by atoms with van der Waals surface area (Å²) < 4.78 is 46.9. The molecule has 2 aromatic rings. The third-order valence-electron chi connectivity index (χ3n) is 3.89. The molecule has 0 atom stereocenters. The SMILES string of the molecule is COC(=O)C(=NSC)c1ccccc1CON=C(C)c1ccc(C(F)(F)F)cc1. The number of halogens is 3. The summed E-state index contributed by atoms with van der Waals surface area (Å²) in [6.45, 7) is 1.67. The molecule has 0 aliphatic carbocycles. The van der Waals surface area contributed by atoms with Gasteiger partial charge < -0.3 is 9.57 Å². The monoisotopic (exact) mass is 424 g/mol. The molecule has 2 aromatic carbocycles. The average Bonchev–Trinajstić information content (AvgIpc) is 2.71. The van der Waals surface area contributed by atoms with E-state index in [1.807, 2.05) is 0 Å². The van der Waals surface area contributed by atoms with Crippen LogP contribution in [0.2, 0.25) is 0 Å². The molecule has 0 aliphatic heterocycles. The van der Waals surface area contributed by atoms with Gasteiger partial charge in [-0.3, -0.25) is 0 Å². The number of methoxy groups -OCH3 is 1.